The van der Waals surface area contributed by atoms with Gasteiger partial charge in [-0.05, 0) is 77.2 Å². The van der Waals surface area contributed by atoms with Crippen molar-refractivity contribution in [1.29, 1.82) is 0 Å². The number of nitrogens with zero attached hydrogens (tertiary/aromatic N) is 3. The van der Waals surface area contributed by atoms with E-state index < -0.39 is 5.92 Å². The van der Waals surface area contributed by atoms with Crippen molar-refractivity contribution < 1.29 is 23.1 Å². The zero-order valence-electron chi connectivity index (χ0n) is 25.8. The molecule has 6 aliphatic rings. The molecule has 7 rings (SSSR count). The highest BCUT2D eigenvalue weighted by Crippen LogP contribution is 2.74. The number of alkyl halides is 2. The minimum Gasteiger partial charge on any atom is -0.376 e. The maximum Gasteiger partial charge on any atom is 0.320 e. The Hall–Kier alpha value is -2.26. The van der Waals surface area contributed by atoms with E-state index in [1.54, 1.807) is 0 Å². The van der Waals surface area contributed by atoms with E-state index >= 15 is 0 Å². The average molecular weight is 599 g/mol. The SMILES string of the molecule is CC(C)N1C(=O)N(CC2CCCCO2)CC12CC1N(CC[C@H](NC(=O)C3CCC(F)(F)CC3)c3ccccc3)C3CC31C2. The van der Waals surface area contributed by atoms with Gasteiger partial charge in [0.2, 0.25) is 11.8 Å². The normalized spacial score (nSPS) is 36.0. The molecule has 3 heterocycles. The topological polar surface area (TPSA) is 65.1 Å². The van der Waals surface area contributed by atoms with E-state index in [0.29, 0.717) is 24.0 Å². The molecule has 3 saturated carbocycles. The van der Waals surface area contributed by atoms with E-state index in [0.717, 1.165) is 57.4 Å². The van der Waals surface area contributed by atoms with Crippen molar-refractivity contribution in [3.05, 3.63) is 35.9 Å². The summed E-state index contributed by atoms with van der Waals surface area (Å²) >= 11 is 0. The van der Waals surface area contributed by atoms with E-state index in [1.807, 2.05) is 18.2 Å². The first-order valence-corrected chi connectivity index (χ1v) is 16.8. The molecule has 3 amide bonds. The lowest BCUT2D eigenvalue weighted by atomic mass is 9.85. The zero-order valence-corrected chi connectivity index (χ0v) is 25.8. The first kappa shape index (κ1) is 29.5. The number of ether oxygens (including phenoxy) is 1. The van der Waals surface area contributed by atoms with Gasteiger partial charge in [0.25, 0.3) is 0 Å². The van der Waals surface area contributed by atoms with Crippen LogP contribution < -0.4 is 5.32 Å². The molecule has 9 heteroatoms. The van der Waals surface area contributed by atoms with E-state index in [4.69, 9.17) is 4.74 Å². The minimum atomic E-state index is -2.64. The summed E-state index contributed by atoms with van der Waals surface area (Å²) in [4.78, 5) is 33.9. The first-order valence-electron chi connectivity index (χ1n) is 16.8. The summed E-state index contributed by atoms with van der Waals surface area (Å²) in [6.07, 6.45) is 7.63. The summed E-state index contributed by atoms with van der Waals surface area (Å²) in [6.45, 7) is 7.48. The molecule has 1 N–H and O–H groups in total. The highest BCUT2D eigenvalue weighted by atomic mass is 19.3. The van der Waals surface area contributed by atoms with Gasteiger partial charge in [-0.25, -0.2) is 13.6 Å². The van der Waals surface area contributed by atoms with Crippen molar-refractivity contribution in [2.45, 2.75) is 126 Å². The second-order valence-electron chi connectivity index (χ2n) is 14.8. The van der Waals surface area contributed by atoms with Crippen LogP contribution in [0.3, 0.4) is 0 Å². The molecule has 3 aliphatic heterocycles. The number of benzene rings is 1. The summed E-state index contributed by atoms with van der Waals surface area (Å²) in [7, 11) is 0. The minimum absolute atomic E-state index is 0.0902. The number of amides is 3. The number of hydrogen-bond acceptors (Lipinski definition) is 4. The molecule has 236 valence electrons. The fourth-order valence-corrected chi connectivity index (χ4v) is 9.70. The lowest BCUT2D eigenvalue weighted by Gasteiger charge is -2.44. The van der Waals surface area contributed by atoms with Gasteiger partial charge in [-0.2, -0.15) is 0 Å². The predicted molar refractivity (Wildman–Crippen MR) is 160 cm³/mol. The molecule has 3 aliphatic carbocycles. The monoisotopic (exact) mass is 598 g/mol. The Morgan fingerprint density at radius 3 is 2.51 bits per heavy atom. The number of carbonyl (C=O) groups is 2. The average Bonchev–Trinajstić information content (AvgIpc) is 3.40. The predicted octanol–water partition coefficient (Wildman–Crippen LogP) is 5.75. The summed E-state index contributed by atoms with van der Waals surface area (Å²) in [5.41, 5.74) is 1.27. The third kappa shape index (κ3) is 5.26. The highest BCUT2D eigenvalue weighted by molar-refractivity contribution is 5.79. The number of nitrogens with one attached hydrogen (secondary N) is 1. The summed E-state index contributed by atoms with van der Waals surface area (Å²) in [5.74, 6) is -3.07. The molecule has 5 unspecified atom stereocenters. The van der Waals surface area contributed by atoms with Gasteiger partial charge in [0.15, 0.2) is 0 Å². The van der Waals surface area contributed by atoms with Crippen LogP contribution >= 0.6 is 0 Å². The molecule has 7 nitrogen and oxygen atoms in total. The molecule has 2 spiro atoms. The molecular weight excluding hydrogens is 550 g/mol. The van der Waals surface area contributed by atoms with Crippen LogP contribution in [0.2, 0.25) is 0 Å². The van der Waals surface area contributed by atoms with Crippen molar-refractivity contribution in [2.24, 2.45) is 11.3 Å². The quantitative estimate of drug-likeness (QED) is 0.393. The number of urea groups is 1. The lowest BCUT2D eigenvalue weighted by molar-refractivity contribution is -0.130. The van der Waals surface area contributed by atoms with Crippen molar-refractivity contribution in [3.8, 4) is 0 Å². The van der Waals surface area contributed by atoms with E-state index in [1.165, 1.54) is 12.8 Å². The lowest BCUT2D eigenvalue weighted by Crippen LogP contribution is -2.54. The number of halogens is 2. The molecule has 0 radical (unpaired) electrons. The Bertz CT molecular complexity index is 1200. The Labute approximate surface area is 254 Å². The molecule has 1 aromatic carbocycles. The summed E-state index contributed by atoms with van der Waals surface area (Å²) in [5, 5.41) is 3.26. The highest BCUT2D eigenvalue weighted by Gasteiger charge is 2.79. The van der Waals surface area contributed by atoms with Crippen LogP contribution in [0.25, 0.3) is 0 Å². The van der Waals surface area contributed by atoms with Crippen LogP contribution in [-0.4, -0.2) is 88.6 Å². The summed E-state index contributed by atoms with van der Waals surface area (Å²) < 4.78 is 33.5. The van der Waals surface area contributed by atoms with Crippen LogP contribution in [0, 0.1) is 11.3 Å². The Morgan fingerprint density at radius 2 is 1.81 bits per heavy atom. The van der Waals surface area contributed by atoms with E-state index in [9.17, 15) is 18.4 Å². The van der Waals surface area contributed by atoms with Crippen LogP contribution in [-0.2, 0) is 9.53 Å². The molecular formula is C34H48F2N4O3. The van der Waals surface area contributed by atoms with E-state index in [2.05, 4.69) is 46.0 Å². The standard InChI is InChI=1S/C34H48F2N4O3/c1-23(2)40-31(42)38(20-26-10-6-7-17-43-26)22-32(40)18-28-33(21-32)19-29(33)39(28)16-13-27(24-8-4-3-5-9-24)37-30(41)25-11-14-34(35,36)15-12-25/h3-5,8-9,23,25-29H,6-7,10-22H2,1-2H3,(H,37,41)/t26?,27-,28?,29?,32?,33?/m0/s1. The zero-order chi connectivity index (χ0) is 30.0. The van der Waals surface area contributed by atoms with Gasteiger partial charge < -0.3 is 19.9 Å². The van der Waals surface area contributed by atoms with Gasteiger partial charge in [0.05, 0.1) is 17.7 Å². The van der Waals surface area contributed by atoms with Crippen molar-refractivity contribution in [1.82, 2.24) is 20.0 Å². The third-order valence-corrected chi connectivity index (χ3v) is 11.7. The van der Waals surface area contributed by atoms with Crippen molar-refractivity contribution in [2.75, 3.05) is 26.2 Å². The smallest absolute Gasteiger partial charge is 0.320 e. The maximum atomic E-state index is 13.8. The van der Waals surface area contributed by atoms with Gasteiger partial charge in [-0.3, -0.25) is 9.69 Å². The van der Waals surface area contributed by atoms with Crippen LogP contribution in [0.1, 0.15) is 96.1 Å². The van der Waals surface area contributed by atoms with Crippen LogP contribution in [0.5, 0.6) is 0 Å². The molecule has 0 aromatic heterocycles. The summed E-state index contributed by atoms with van der Waals surface area (Å²) in [6, 6.07) is 11.3. The fraction of sp³-hybridized carbons (Fsp3) is 0.765. The first-order chi connectivity index (χ1) is 20.6. The fourth-order valence-electron chi connectivity index (χ4n) is 9.70. The van der Waals surface area contributed by atoms with Gasteiger partial charge in [0, 0.05) is 68.5 Å². The van der Waals surface area contributed by atoms with Gasteiger partial charge >= 0.3 is 6.03 Å². The van der Waals surface area contributed by atoms with Gasteiger partial charge in [-0.15, -0.1) is 0 Å². The number of hydrogen-bond donors (Lipinski definition) is 1. The molecule has 3 saturated heterocycles. The molecule has 0 bridgehead atoms. The van der Waals surface area contributed by atoms with Gasteiger partial charge in [-0.1, -0.05) is 30.3 Å². The van der Waals surface area contributed by atoms with Gasteiger partial charge in [0.1, 0.15) is 0 Å². The van der Waals surface area contributed by atoms with Crippen LogP contribution in [0.15, 0.2) is 30.3 Å². The number of likely N-dealkylation sites (tertiary alicyclic amines) is 1. The van der Waals surface area contributed by atoms with E-state index in [-0.39, 0.29) is 67.3 Å². The molecule has 6 atom stereocenters. The molecule has 1 aromatic rings. The second kappa shape index (κ2) is 11.0. The van der Waals surface area contributed by atoms with Crippen molar-refractivity contribution in [3.63, 3.8) is 0 Å². The third-order valence-electron chi connectivity index (χ3n) is 11.7. The molecule has 43 heavy (non-hydrogen) atoms. The Balaban J connectivity index is 1.02. The van der Waals surface area contributed by atoms with Crippen molar-refractivity contribution >= 4 is 11.9 Å². The Morgan fingerprint density at radius 1 is 1.07 bits per heavy atom. The maximum absolute atomic E-state index is 13.8. The number of rotatable bonds is 9. The van der Waals surface area contributed by atoms with Crippen LogP contribution in [0.4, 0.5) is 13.6 Å². The number of carbonyl (C=O) groups excluding carboxylic acids is 2. The second-order valence-corrected chi connectivity index (χ2v) is 14.8. The largest absolute Gasteiger partial charge is 0.376 e. The Kier molecular flexibility index (Phi) is 7.51. The molecule has 6 fully saturated rings.